The van der Waals surface area contributed by atoms with Gasteiger partial charge in [0, 0.05) is 42.6 Å². The summed E-state index contributed by atoms with van der Waals surface area (Å²) >= 11 is 6.08. The molecule has 0 radical (unpaired) electrons. The van der Waals surface area contributed by atoms with Crippen molar-refractivity contribution in [2.24, 2.45) is 0 Å². The van der Waals surface area contributed by atoms with Gasteiger partial charge in [0.05, 0.1) is 6.54 Å². The number of nitrogens with zero attached hydrogens (tertiary/aromatic N) is 2. The third-order valence-corrected chi connectivity index (χ3v) is 5.18. The van der Waals surface area contributed by atoms with Crippen molar-refractivity contribution < 1.29 is 4.79 Å². The molecule has 5 heteroatoms. The number of carbonyl (C=O) groups excluding carboxylic acids is 1. The topological polar surface area (TPSA) is 35.6 Å². The molecule has 0 spiro atoms. The van der Waals surface area contributed by atoms with Crippen molar-refractivity contribution in [3.63, 3.8) is 0 Å². The van der Waals surface area contributed by atoms with Crippen LogP contribution in [0.5, 0.6) is 0 Å². The summed E-state index contributed by atoms with van der Waals surface area (Å²) in [4.78, 5) is 16.9. The predicted octanol–water partition coefficient (Wildman–Crippen LogP) is 4.25. The van der Waals surface area contributed by atoms with E-state index in [1.807, 2.05) is 48.5 Å². The van der Waals surface area contributed by atoms with Crippen LogP contribution in [0.2, 0.25) is 5.02 Å². The van der Waals surface area contributed by atoms with Crippen molar-refractivity contribution in [2.45, 2.75) is 0 Å². The highest BCUT2D eigenvalue weighted by Gasteiger charge is 2.19. The minimum atomic E-state index is 0.0292. The van der Waals surface area contributed by atoms with Crippen LogP contribution in [0.4, 0.5) is 11.4 Å². The number of piperazine rings is 1. The third kappa shape index (κ3) is 4.41. The number of hydrogen-bond donors (Lipinski definition) is 1. The van der Waals surface area contributed by atoms with Crippen LogP contribution >= 0.6 is 11.6 Å². The number of rotatable bonds is 4. The molecule has 3 aromatic rings. The highest BCUT2D eigenvalue weighted by atomic mass is 35.5. The first-order valence-corrected chi connectivity index (χ1v) is 9.57. The molecule has 0 atom stereocenters. The van der Waals surface area contributed by atoms with Crippen LogP contribution in [-0.2, 0) is 4.79 Å². The smallest absolute Gasteiger partial charge is 0.238 e. The SMILES string of the molecule is O=C(CN1CCN(c2cccc(Cl)c2)CC1)Nc1ccc2ccccc2c1. The van der Waals surface area contributed by atoms with Crippen molar-refractivity contribution in [3.05, 3.63) is 71.8 Å². The highest BCUT2D eigenvalue weighted by Crippen LogP contribution is 2.21. The second-order valence-corrected chi connectivity index (χ2v) is 7.29. The van der Waals surface area contributed by atoms with Crippen molar-refractivity contribution in [1.82, 2.24) is 4.90 Å². The lowest BCUT2D eigenvalue weighted by molar-refractivity contribution is -0.117. The zero-order chi connectivity index (χ0) is 18.6. The number of carbonyl (C=O) groups is 1. The number of fused-ring (bicyclic) bond motifs is 1. The normalized spacial score (nSPS) is 15.1. The lowest BCUT2D eigenvalue weighted by Crippen LogP contribution is -2.48. The minimum Gasteiger partial charge on any atom is -0.369 e. The van der Waals surface area contributed by atoms with Gasteiger partial charge in [-0.1, -0.05) is 48.0 Å². The van der Waals surface area contributed by atoms with E-state index >= 15 is 0 Å². The van der Waals surface area contributed by atoms with Gasteiger partial charge in [0.25, 0.3) is 0 Å². The molecule has 138 valence electrons. The summed E-state index contributed by atoms with van der Waals surface area (Å²) in [6.45, 7) is 3.92. The van der Waals surface area contributed by atoms with Gasteiger partial charge in [0.1, 0.15) is 0 Å². The van der Waals surface area contributed by atoms with E-state index in [1.54, 1.807) is 0 Å². The molecule has 0 aromatic heterocycles. The van der Waals surface area contributed by atoms with Gasteiger partial charge in [-0.15, -0.1) is 0 Å². The first-order chi connectivity index (χ1) is 13.2. The van der Waals surface area contributed by atoms with Crippen molar-refractivity contribution in [1.29, 1.82) is 0 Å². The van der Waals surface area contributed by atoms with Gasteiger partial charge in [-0.3, -0.25) is 9.69 Å². The van der Waals surface area contributed by atoms with E-state index in [-0.39, 0.29) is 5.91 Å². The molecule has 4 rings (SSSR count). The Bertz CT molecular complexity index is 951. The molecule has 0 bridgehead atoms. The summed E-state index contributed by atoms with van der Waals surface area (Å²) in [7, 11) is 0. The van der Waals surface area contributed by atoms with E-state index in [4.69, 9.17) is 11.6 Å². The summed E-state index contributed by atoms with van der Waals surface area (Å²) in [5, 5.41) is 6.08. The monoisotopic (exact) mass is 379 g/mol. The van der Waals surface area contributed by atoms with Crippen LogP contribution < -0.4 is 10.2 Å². The Balaban J connectivity index is 1.31. The lowest BCUT2D eigenvalue weighted by atomic mass is 10.1. The van der Waals surface area contributed by atoms with Crippen LogP contribution in [-0.4, -0.2) is 43.5 Å². The fourth-order valence-electron chi connectivity index (χ4n) is 3.51. The van der Waals surface area contributed by atoms with E-state index in [2.05, 4.69) is 33.3 Å². The van der Waals surface area contributed by atoms with Crippen LogP contribution in [0.3, 0.4) is 0 Å². The van der Waals surface area contributed by atoms with Gasteiger partial charge < -0.3 is 10.2 Å². The van der Waals surface area contributed by atoms with E-state index in [0.717, 1.165) is 48.0 Å². The number of benzene rings is 3. The summed E-state index contributed by atoms with van der Waals surface area (Å²) in [6, 6.07) is 22.1. The van der Waals surface area contributed by atoms with Gasteiger partial charge in [0.15, 0.2) is 0 Å². The largest absolute Gasteiger partial charge is 0.369 e. The highest BCUT2D eigenvalue weighted by molar-refractivity contribution is 6.30. The first-order valence-electron chi connectivity index (χ1n) is 9.19. The van der Waals surface area contributed by atoms with Crippen LogP contribution in [0, 0.1) is 0 Å². The Hall–Kier alpha value is -2.56. The number of anilines is 2. The van der Waals surface area contributed by atoms with Crippen molar-refractivity contribution in [2.75, 3.05) is 42.9 Å². The van der Waals surface area contributed by atoms with Gasteiger partial charge >= 0.3 is 0 Å². The molecule has 1 fully saturated rings. The maximum atomic E-state index is 12.4. The van der Waals surface area contributed by atoms with Gasteiger partial charge in [-0.05, 0) is 41.1 Å². The second-order valence-electron chi connectivity index (χ2n) is 6.85. The van der Waals surface area contributed by atoms with Crippen LogP contribution in [0.25, 0.3) is 10.8 Å². The summed E-state index contributed by atoms with van der Waals surface area (Å²) < 4.78 is 0. The molecule has 0 unspecified atom stereocenters. The number of halogens is 1. The molecular formula is C22H22ClN3O. The number of hydrogen-bond acceptors (Lipinski definition) is 3. The maximum Gasteiger partial charge on any atom is 0.238 e. The first kappa shape index (κ1) is 17.8. The quantitative estimate of drug-likeness (QED) is 0.736. The molecule has 0 aliphatic carbocycles. The number of amides is 1. The Kier molecular flexibility index (Phi) is 5.28. The Morgan fingerprint density at radius 1 is 0.889 bits per heavy atom. The van der Waals surface area contributed by atoms with Crippen LogP contribution in [0.15, 0.2) is 66.7 Å². The average Bonchev–Trinajstić information content (AvgIpc) is 2.68. The molecule has 4 nitrogen and oxygen atoms in total. The molecule has 3 aromatic carbocycles. The van der Waals surface area contributed by atoms with E-state index in [0.29, 0.717) is 6.54 Å². The summed E-state index contributed by atoms with van der Waals surface area (Å²) in [5.74, 6) is 0.0292. The zero-order valence-corrected chi connectivity index (χ0v) is 15.8. The maximum absolute atomic E-state index is 12.4. The molecule has 1 aliphatic heterocycles. The molecule has 1 heterocycles. The van der Waals surface area contributed by atoms with E-state index in [9.17, 15) is 4.79 Å². The molecule has 0 saturated carbocycles. The Morgan fingerprint density at radius 2 is 1.67 bits per heavy atom. The van der Waals surface area contributed by atoms with Crippen LogP contribution in [0.1, 0.15) is 0 Å². The zero-order valence-electron chi connectivity index (χ0n) is 15.1. The molecule has 1 amide bonds. The van der Waals surface area contributed by atoms with Gasteiger partial charge in [0.2, 0.25) is 5.91 Å². The van der Waals surface area contributed by atoms with Crippen molar-refractivity contribution in [3.8, 4) is 0 Å². The molecule has 1 saturated heterocycles. The van der Waals surface area contributed by atoms with E-state index in [1.165, 1.54) is 5.39 Å². The second kappa shape index (κ2) is 7.99. The van der Waals surface area contributed by atoms with E-state index < -0.39 is 0 Å². The van der Waals surface area contributed by atoms with Crippen molar-refractivity contribution >= 4 is 39.7 Å². The molecule has 1 aliphatic rings. The summed E-state index contributed by atoms with van der Waals surface area (Å²) in [5.41, 5.74) is 1.99. The van der Waals surface area contributed by atoms with Gasteiger partial charge in [-0.25, -0.2) is 0 Å². The lowest BCUT2D eigenvalue weighted by Gasteiger charge is -2.35. The summed E-state index contributed by atoms with van der Waals surface area (Å²) in [6.07, 6.45) is 0. The fraction of sp³-hybridized carbons (Fsp3) is 0.227. The average molecular weight is 380 g/mol. The third-order valence-electron chi connectivity index (χ3n) is 4.95. The molecule has 1 N–H and O–H groups in total. The fourth-order valence-corrected chi connectivity index (χ4v) is 3.69. The predicted molar refractivity (Wildman–Crippen MR) is 113 cm³/mol. The Labute approximate surface area is 164 Å². The number of nitrogens with one attached hydrogen (secondary N) is 1. The Morgan fingerprint density at radius 3 is 2.44 bits per heavy atom. The molecular weight excluding hydrogens is 358 g/mol. The minimum absolute atomic E-state index is 0.0292. The molecule has 27 heavy (non-hydrogen) atoms. The van der Waals surface area contributed by atoms with Gasteiger partial charge in [-0.2, -0.15) is 0 Å². The standard InChI is InChI=1S/C22H22ClN3O/c23-19-6-3-7-21(15-19)26-12-10-25(11-13-26)16-22(27)24-20-9-8-17-4-1-2-5-18(17)14-20/h1-9,14-15H,10-13,16H2,(H,24,27).